The number of aromatic nitrogens is 4. The van der Waals surface area contributed by atoms with E-state index in [1.165, 1.54) is 16.8 Å². The van der Waals surface area contributed by atoms with Crippen molar-refractivity contribution in [3.05, 3.63) is 82.9 Å². The van der Waals surface area contributed by atoms with Crippen LogP contribution in [0.4, 0.5) is 0 Å². The zero-order chi connectivity index (χ0) is 20.7. The lowest BCUT2D eigenvalue weighted by Crippen LogP contribution is -2.31. The highest BCUT2D eigenvalue weighted by Crippen LogP contribution is 2.32. The Bertz CT molecular complexity index is 1260. The minimum atomic E-state index is -0.0973. The topological polar surface area (TPSA) is 72.7 Å². The van der Waals surface area contributed by atoms with Crippen molar-refractivity contribution in [2.75, 3.05) is 0 Å². The van der Waals surface area contributed by atoms with Crippen LogP contribution in [0.2, 0.25) is 0 Å². The van der Waals surface area contributed by atoms with Crippen molar-refractivity contribution in [2.24, 2.45) is 0 Å². The first kappa shape index (κ1) is 18.5. The van der Waals surface area contributed by atoms with Gasteiger partial charge >= 0.3 is 0 Å². The van der Waals surface area contributed by atoms with E-state index in [9.17, 15) is 4.79 Å². The van der Waals surface area contributed by atoms with Gasteiger partial charge in [0, 0.05) is 29.2 Å². The number of nitrogens with zero attached hydrogens (tertiary/aromatic N) is 4. The van der Waals surface area contributed by atoms with E-state index in [-0.39, 0.29) is 11.9 Å². The summed E-state index contributed by atoms with van der Waals surface area (Å²) in [6.45, 7) is 4.25. The van der Waals surface area contributed by atoms with Crippen LogP contribution in [0.1, 0.15) is 51.6 Å². The molecule has 4 aromatic rings. The quantitative estimate of drug-likeness (QED) is 0.561. The van der Waals surface area contributed by atoms with Crippen LogP contribution in [-0.4, -0.2) is 25.7 Å². The number of amides is 1. The van der Waals surface area contributed by atoms with Gasteiger partial charge < -0.3 is 5.32 Å². The molecule has 30 heavy (non-hydrogen) atoms. The van der Waals surface area contributed by atoms with E-state index < -0.39 is 0 Å². The Morgan fingerprint density at radius 3 is 2.80 bits per heavy atom. The fourth-order valence-corrected chi connectivity index (χ4v) is 4.23. The van der Waals surface area contributed by atoms with E-state index >= 15 is 0 Å². The average molecular weight is 397 g/mol. The van der Waals surface area contributed by atoms with Gasteiger partial charge in [-0.05, 0) is 68.5 Å². The predicted octanol–water partition coefficient (Wildman–Crippen LogP) is 4.24. The molecule has 0 fully saturated rings. The Kier molecular flexibility index (Phi) is 4.54. The summed E-state index contributed by atoms with van der Waals surface area (Å²) < 4.78 is 2.04. The molecular weight excluding hydrogens is 374 g/mol. The molecule has 0 unspecified atom stereocenters. The molecule has 0 saturated carbocycles. The maximum Gasteiger partial charge on any atom is 0.251 e. The van der Waals surface area contributed by atoms with E-state index in [4.69, 9.17) is 0 Å². The van der Waals surface area contributed by atoms with Crippen LogP contribution >= 0.6 is 0 Å². The third kappa shape index (κ3) is 3.14. The molecule has 0 spiro atoms. The Balaban J connectivity index is 1.44. The summed E-state index contributed by atoms with van der Waals surface area (Å²) in [7, 11) is 0. The minimum Gasteiger partial charge on any atom is -0.345 e. The molecule has 0 bridgehead atoms. The summed E-state index contributed by atoms with van der Waals surface area (Å²) >= 11 is 0. The molecular formula is C24H23N5O. The molecule has 1 aliphatic rings. The maximum atomic E-state index is 13.0. The van der Waals surface area contributed by atoms with Crippen molar-refractivity contribution >= 4 is 16.9 Å². The summed E-state index contributed by atoms with van der Waals surface area (Å²) in [6.07, 6.45) is 8.08. The Morgan fingerprint density at radius 2 is 1.93 bits per heavy atom. The molecule has 0 aliphatic heterocycles. The second-order valence-corrected chi connectivity index (χ2v) is 7.86. The number of hydrogen-bond donors (Lipinski definition) is 1. The largest absolute Gasteiger partial charge is 0.345 e. The van der Waals surface area contributed by atoms with Crippen molar-refractivity contribution in [1.29, 1.82) is 0 Å². The van der Waals surface area contributed by atoms with Crippen LogP contribution in [-0.2, 0) is 6.42 Å². The van der Waals surface area contributed by atoms with Crippen molar-refractivity contribution in [3.8, 4) is 5.69 Å². The van der Waals surface area contributed by atoms with Crippen LogP contribution in [0.25, 0.3) is 16.7 Å². The van der Waals surface area contributed by atoms with Crippen LogP contribution in [0, 0.1) is 13.8 Å². The predicted molar refractivity (Wildman–Crippen MR) is 116 cm³/mol. The fourth-order valence-electron chi connectivity index (χ4n) is 4.23. The lowest BCUT2D eigenvalue weighted by Gasteiger charge is -2.24. The van der Waals surface area contributed by atoms with Crippen molar-refractivity contribution in [3.63, 3.8) is 0 Å². The molecule has 2 aromatic heterocycles. The monoisotopic (exact) mass is 397 g/mol. The Morgan fingerprint density at radius 1 is 1.10 bits per heavy atom. The standard InChI is InChI=1S/C24H23N5O/c1-15-5-3-7-22(16(15)2)29-23-8-4-6-19(18(23)14-27-29)28-24(30)17-9-10-20-21(13-17)26-12-11-25-20/h3,5,7,9-14,19H,4,6,8H2,1-2H3,(H,28,30)/t19-/m1/s1. The smallest absolute Gasteiger partial charge is 0.251 e. The number of benzene rings is 2. The Hall–Kier alpha value is -3.54. The summed E-state index contributed by atoms with van der Waals surface area (Å²) in [5.74, 6) is -0.0973. The molecule has 1 N–H and O–H groups in total. The average Bonchev–Trinajstić information content (AvgIpc) is 3.20. The zero-order valence-corrected chi connectivity index (χ0v) is 17.1. The van der Waals surface area contributed by atoms with Crippen LogP contribution < -0.4 is 5.32 Å². The summed E-state index contributed by atoms with van der Waals surface area (Å²) in [4.78, 5) is 21.5. The molecule has 6 nitrogen and oxygen atoms in total. The second kappa shape index (κ2) is 7.37. The molecule has 0 saturated heterocycles. The zero-order valence-electron chi connectivity index (χ0n) is 17.1. The number of aryl methyl sites for hydroxylation is 1. The third-order valence-corrected chi connectivity index (χ3v) is 6.02. The number of fused-ring (bicyclic) bond motifs is 2. The maximum absolute atomic E-state index is 13.0. The van der Waals surface area contributed by atoms with Crippen LogP contribution in [0.5, 0.6) is 0 Å². The van der Waals surface area contributed by atoms with E-state index in [0.717, 1.165) is 41.5 Å². The lowest BCUT2D eigenvalue weighted by molar-refractivity contribution is 0.0933. The van der Waals surface area contributed by atoms with Gasteiger partial charge in [0.15, 0.2) is 0 Å². The molecule has 2 heterocycles. The van der Waals surface area contributed by atoms with Crippen molar-refractivity contribution in [2.45, 2.75) is 39.2 Å². The molecule has 6 heteroatoms. The first-order valence-corrected chi connectivity index (χ1v) is 10.3. The number of hydrogen-bond acceptors (Lipinski definition) is 4. The third-order valence-electron chi connectivity index (χ3n) is 6.02. The van der Waals surface area contributed by atoms with Crippen molar-refractivity contribution < 1.29 is 4.79 Å². The molecule has 1 amide bonds. The van der Waals surface area contributed by atoms with E-state index in [0.29, 0.717) is 5.56 Å². The molecule has 0 radical (unpaired) electrons. The van der Waals surface area contributed by atoms with E-state index in [1.54, 1.807) is 24.5 Å². The van der Waals surface area contributed by atoms with Crippen molar-refractivity contribution in [1.82, 2.24) is 25.1 Å². The van der Waals surface area contributed by atoms with E-state index in [2.05, 4.69) is 52.4 Å². The van der Waals surface area contributed by atoms with E-state index in [1.807, 2.05) is 16.9 Å². The molecule has 150 valence electrons. The fraction of sp³-hybridized carbons (Fsp3) is 0.250. The summed E-state index contributed by atoms with van der Waals surface area (Å²) in [5, 5.41) is 7.89. The van der Waals surface area contributed by atoms with Gasteiger partial charge in [0.05, 0.1) is 29.0 Å². The molecule has 1 atom stereocenters. The van der Waals surface area contributed by atoms with Gasteiger partial charge in [-0.3, -0.25) is 14.8 Å². The number of carbonyl (C=O) groups is 1. The first-order chi connectivity index (χ1) is 14.6. The summed E-state index contributed by atoms with van der Waals surface area (Å²) in [5.41, 5.74) is 7.97. The highest BCUT2D eigenvalue weighted by molar-refractivity contribution is 5.97. The highest BCUT2D eigenvalue weighted by Gasteiger charge is 2.27. The van der Waals surface area contributed by atoms with Gasteiger partial charge in [-0.2, -0.15) is 5.10 Å². The van der Waals surface area contributed by atoms with Gasteiger partial charge in [0.1, 0.15) is 0 Å². The molecule has 5 rings (SSSR count). The first-order valence-electron chi connectivity index (χ1n) is 10.3. The molecule has 2 aromatic carbocycles. The van der Waals surface area contributed by atoms with Gasteiger partial charge in [0.25, 0.3) is 5.91 Å². The van der Waals surface area contributed by atoms with Gasteiger partial charge in [-0.1, -0.05) is 12.1 Å². The van der Waals surface area contributed by atoms with Crippen LogP contribution in [0.3, 0.4) is 0 Å². The molecule has 1 aliphatic carbocycles. The highest BCUT2D eigenvalue weighted by atomic mass is 16.1. The number of rotatable bonds is 3. The number of carbonyl (C=O) groups excluding carboxylic acids is 1. The summed E-state index contributed by atoms with van der Waals surface area (Å²) in [6, 6.07) is 11.7. The lowest BCUT2D eigenvalue weighted by atomic mass is 9.92. The minimum absolute atomic E-state index is 0.0438. The SMILES string of the molecule is Cc1cccc(-n2ncc3c2CCC[C@H]3NC(=O)c2ccc3nccnc3c2)c1C. The van der Waals surface area contributed by atoms with Gasteiger partial charge in [0.2, 0.25) is 0 Å². The van der Waals surface area contributed by atoms with Crippen LogP contribution in [0.15, 0.2) is 55.0 Å². The van der Waals surface area contributed by atoms with Gasteiger partial charge in [-0.15, -0.1) is 0 Å². The van der Waals surface area contributed by atoms with Gasteiger partial charge in [-0.25, -0.2) is 4.68 Å². The second-order valence-electron chi connectivity index (χ2n) is 7.86. The Labute approximate surface area is 175 Å². The normalized spacial score (nSPS) is 15.7. The number of nitrogens with one attached hydrogen (secondary N) is 1.